The number of benzene rings is 1. The SMILES string of the molecule is O=C(O)CCc1cccc2c1N=[N+]N2. The van der Waals surface area contributed by atoms with E-state index in [4.69, 9.17) is 5.11 Å². The van der Waals surface area contributed by atoms with Crippen LogP contribution in [-0.4, -0.2) is 11.1 Å². The van der Waals surface area contributed by atoms with E-state index in [1.807, 2.05) is 18.2 Å². The van der Waals surface area contributed by atoms with Crippen LogP contribution in [0.2, 0.25) is 0 Å². The van der Waals surface area contributed by atoms with Crippen LogP contribution in [0, 0.1) is 0 Å². The Hall–Kier alpha value is -1.91. The minimum Gasteiger partial charge on any atom is -0.481 e. The second-order valence-electron chi connectivity index (χ2n) is 3.02. The molecule has 1 aliphatic rings. The monoisotopic (exact) mass is 191 g/mol. The molecule has 0 unspecified atom stereocenters. The standard InChI is InChI=1S/C9H9N3O2/c13-8(14)5-4-6-2-1-3-7-9(6)11-12-10-7/h1-3H,4-5H2,(H,10,11)(H,13,14)/q+1. The Bertz CT molecular complexity index is 401. The Kier molecular flexibility index (Phi) is 2.14. The van der Waals surface area contributed by atoms with Crippen molar-refractivity contribution in [1.82, 2.24) is 5.22 Å². The molecule has 1 aromatic carbocycles. The summed E-state index contributed by atoms with van der Waals surface area (Å²) in [6.45, 7) is 0. The van der Waals surface area contributed by atoms with Gasteiger partial charge in [-0.25, -0.2) is 0 Å². The number of fused-ring (bicyclic) bond motifs is 1. The van der Waals surface area contributed by atoms with Crippen LogP contribution >= 0.6 is 0 Å². The Labute approximate surface area is 80.4 Å². The van der Waals surface area contributed by atoms with Crippen molar-refractivity contribution in [3.8, 4) is 0 Å². The van der Waals surface area contributed by atoms with Gasteiger partial charge in [-0.3, -0.25) is 4.79 Å². The van der Waals surface area contributed by atoms with Gasteiger partial charge in [-0.2, -0.15) is 0 Å². The van der Waals surface area contributed by atoms with Crippen molar-refractivity contribution < 1.29 is 9.90 Å². The third-order valence-electron chi connectivity index (χ3n) is 2.05. The second-order valence-corrected chi connectivity index (χ2v) is 3.02. The Morgan fingerprint density at radius 3 is 3.21 bits per heavy atom. The van der Waals surface area contributed by atoms with E-state index in [1.165, 1.54) is 0 Å². The van der Waals surface area contributed by atoms with Gasteiger partial charge in [0.25, 0.3) is 0 Å². The number of aliphatic carboxylic acids is 1. The third-order valence-corrected chi connectivity index (χ3v) is 2.05. The molecule has 0 amide bonds. The molecule has 1 heterocycles. The van der Waals surface area contributed by atoms with Gasteiger partial charge in [0.2, 0.25) is 0 Å². The Morgan fingerprint density at radius 2 is 2.43 bits per heavy atom. The number of carbonyl (C=O) groups is 1. The van der Waals surface area contributed by atoms with E-state index in [0.717, 1.165) is 16.9 Å². The molecular formula is C9H9N3O2+. The molecule has 5 heteroatoms. The summed E-state index contributed by atoms with van der Waals surface area (Å²) in [7, 11) is 0. The van der Waals surface area contributed by atoms with Crippen LogP contribution in [0.3, 0.4) is 0 Å². The molecular weight excluding hydrogens is 182 g/mol. The maximum Gasteiger partial charge on any atom is 0.331 e. The Balaban J connectivity index is 2.21. The van der Waals surface area contributed by atoms with Crippen LogP contribution in [0.25, 0.3) is 0 Å². The van der Waals surface area contributed by atoms with Gasteiger partial charge in [0, 0.05) is 6.42 Å². The molecule has 0 saturated heterocycles. The minimum absolute atomic E-state index is 0.117. The van der Waals surface area contributed by atoms with Gasteiger partial charge in [0.1, 0.15) is 10.8 Å². The summed E-state index contributed by atoms with van der Waals surface area (Å²) >= 11 is 0. The predicted molar refractivity (Wildman–Crippen MR) is 50.2 cm³/mol. The summed E-state index contributed by atoms with van der Waals surface area (Å²) in [5.41, 5.74) is 5.25. The first kappa shape index (κ1) is 8.68. The van der Waals surface area contributed by atoms with Crippen molar-refractivity contribution in [1.29, 1.82) is 0 Å². The van der Waals surface area contributed by atoms with Gasteiger partial charge in [-0.15, -0.1) is 0 Å². The lowest BCUT2D eigenvalue weighted by atomic mass is 10.1. The van der Waals surface area contributed by atoms with E-state index in [1.54, 1.807) is 0 Å². The van der Waals surface area contributed by atoms with Crippen LogP contribution in [-0.2, 0) is 11.2 Å². The van der Waals surface area contributed by atoms with Gasteiger partial charge in [0.05, 0.1) is 0 Å². The number of nitrogens with one attached hydrogen (secondary N) is 1. The van der Waals surface area contributed by atoms with Crippen molar-refractivity contribution >= 4 is 17.3 Å². The molecule has 0 spiro atoms. The van der Waals surface area contributed by atoms with Crippen molar-refractivity contribution in [3.05, 3.63) is 23.8 Å². The average molecular weight is 191 g/mol. The fourth-order valence-electron chi connectivity index (χ4n) is 1.37. The molecule has 1 radical (unpaired) electrons. The maximum atomic E-state index is 10.4. The molecule has 14 heavy (non-hydrogen) atoms. The van der Waals surface area contributed by atoms with Gasteiger partial charge >= 0.3 is 11.2 Å². The highest BCUT2D eigenvalue weighted by atomic mass is 16.4. The number of carboxylic acid groups (broad SMARTS) is 1. The fourth-order valence-corrected chi connectivity index (χ4v) is 1.37. The first-order chi connectivity index (χ1) is 6.77. The molecule has 2 rings (SSSR count). The maximum absolute atomic E-state index is 10.4. The molecule has 0 aliphatic carbocycles. The smallest absolute Gasteiger partial charge is 0.331 e. The zero-order valence-electron chi connectivity index (χ0n) is 7.40. The van der Waals surface area contributed by atoms with Crippen molar-refractivity contribution in [3.63, 3.8) is 0 Å². The highest BCUT2D eigenvalue weighted by molar-refractivity contribution is 5.72. The molecule has 0 saturated carbocycles. The van der Waals surface area contributed by atoms with Gasteiger partial charge < -0.3 is 5.11 Å². The van der Waals surface area contributed by atoms with Gasteiger partial charge in [-0.05, 0) is 18.1 Å². The number of anilines is 1. The lowest BCUT2D eigenvalue weighted by molar-refractivity contribution is -0.136. The quantitative estimate of drug-likeness (QED) is 0.759. The summed E-state index contributed by atoms with van der Waals surface area (Å²) in [5, 5.41) is 16.1. The minimum atomic E-state index is -0.800. The summed E-state index contributed by atoms with van der Waals surface area (Å²) in [6, 6.07) is 5.59. The van der Waals surface area contributed by atoms with Gasteiger partial charge in [-0.1, -0.05) is 17.6 Å². The second kappa shape index (κ2) is 3.45. The molecule has 0 fully saturated rings. The predicted octanol–water partition coefficient (Wildman–Crippen LogP) is 1.46. The van der Waals surface area contributed by atoms with Crippen molar-refractivity contribution in [2.45, 2.75) is 12.8 Å². The zero-order chi connectivity index (χ0) is 9.97. The average Bonchev–Trinajstić information content (AvgIpc) is 2.62. The molecule has 0 aromatic heterocycles. The van der Waals surface area contributed by atoms with Crippen LogP contribution in [0.15, 0.2) is 23.3 Å². The van der Waals surface area contributed by atoms with Gasteiger partial charge in [0.15, 0.2) is 5.69 Å². The summed E-state index contributed by atoms with van der Waals surface area (Å²) in [4.78, 5) is 10.4. The summed E-state index contributed by atoms with van der Waals surface area (Å²) in [6.07, 6.45) is 0.602. The first-order valence-corrected chi connectivity index (χ1v) is 4.28. The molecule has 5 nitrogen and oxygen atoms in total. The highest BCUT2D eigenvalue weighted by Gasteiger charge is 2.20. The lowest BCUT2D eigenvalue weighted by Gasteiger charge is -1.99. The molecule has 2 N–H and O–H groups in total. The van der Waals surface area contributed by atoms with Crippen molar-refractivity contribution in [2.75, 3.05) is 5.43 Å². The van der Waals surface area contributed by atoms with E-state index in [0.29, 0.717) is 6.42 Å². The Morgan fingerprint density at radius 1 is 1.57 bits per heavy atom. The number of hydrogen-bond donors (Lipinski definition) is 2. The highest BCUT2D eigenvalue weighted by Crippen LogP contribution is 2.31. The number of nitrogens with zero attached hydrogens (tertiary/aromatic N) is 2. The number of carboxylic acids is 1. The molecule has 0 atom stereocenters. The van der Waals surface area contributed by atoms with E-state index in [9.17, 15) is 4.79 Å². The van der Waals surface area contributed by atoms with Crippen LogP contribution in [0.1, 0.15) is 12.0 Å². The number of rotatable bonds is 3. The molecule has 1 aliphatic heterocycles. The summed E-state index contributed by atoms with van der Waals surface area (Å²) in [5.74, 6) is -0.800. The van der Waals surface area contributed by atoms with Crippen LogP contribution < -0.4 is 10.6 Å². The topological polar surface area (TPSA) is 75.8 Å². The van der Waals surface area contributed by atoms with Crippen LogP contribution in [0.5, 0.6) is 0 Å². The van der Waals surface area contributed by atoms with E-state index < -0.39 is 5.97 Å². The lowest BCUT2D eigenvalue weighted by Crippen LogP contribution is -1.97. The largest absolute Gasteiger partial charge is 0.481 e. The third kappa shape index (κ3) is 1.56. The normalized spacial score (nSPS) is 12.3. The molecule has 1 aromatic rings. The summed E-state index contributed by atoms with van der Waals surface area (Å²) < 4.78 is 0. The van der Waals surface area contributed by atoms with Crippen molar-refractivity contribution in [2.24, 2.45) is 5.11 Å². The number of aryl methyl sites for hydroxylation is 1. The molecule has 71 valence electrons. The fraction of sp³-hybridized carbons (Fsp3) is 0.222. The first-order valence-electron chi connectivity index (χ1n) is 4.28. The number of hydrogen-bond acceptors (Lipinski definition) is 4. The van der Waals surface area contributed by atoms with E-state index >= 15 is 0 Å². The molecule has 0 bridgehead atoms. The van der Waals surface area contributed by atoms with E-state index in [2.05, 4.69) is 15.8 Å². The van der Waals surface area contributed by atoms with Crippen LogP contribution in [0.4, 0.5) is 11.4 Å². The van der Waals surface area contributed by atoms with E-state index in [-0.39, 0.29) is 6.42 Å². The zero-order valence-corrected chi connectivity index (χ0v) is 7.40.